The Morgan fingerprint density at radius 1 is 1.03 bits per heavy atom. The molecule has 7 heteroatoms. The number of hydrogen-bond acceptors (Lipinski definition) is 7. The first kappa shape index (κ1) is 20.7. The Morgan fingerprint density at radius 3 is 2.61 bits per heavy atom. The first-order valence-electron chi connectivity index (χ1n) is 10.2. The molecule has 1 aliphatic rings. The van der Waals surface area contributed by atoms with Gasteiger partial charge in [-0.05, 0) is 37.3 Å². The number of anilines is 5. The van der Waals surface area contributed by atoms with Crippen LogP contribution >= 0.6 is 0 Å². The van der Waals surface area contributed by atoms with Gasteiger partial charge in [0, 0.05) is 54.0 Å². The third-order valence-electron chi connectivity index (χ3n) is 5.17. The van der Waals surface area contributed by atoms with Crippen LogP contribution in [0.2, 0.25) is 0 Å². The van der Waals surface area contributed by atoms with E-state index < -0.39 is 0 Å². The zero-order valence-corrected chi connectivity index (χ0v) is 17.7. The number of para-hydroxylation sites is 1. The van der Waals surface area contributed by atoms with Gasteiger partial charge in [0.1, 0.15) is 11.6 Å². The summed E-state index contributed by atoms with van der Waals surface area (Å²) in [4.78, 5) is 18.6. The van der Waals surface area contributed by atoms with Gasteiger partial charge in [-0.25, -0.2) is 4.98 Å². The van der Waals surface area contributed by atoms with Crippen LogP contribution in [0.15, 0.2) is 60.8 Å². The molecule has 0 saturated carbocycles. The van der Waals surface area contributed by atoms with Gasteiger partial charge < -0.3 is 25.0 Å². The van der Waals surface area contributed by atoms with Crippen LogP contribution < -0.4 is 20.3 Å². The first-order valence-corrected chi connectivity index (χ1v) is 10.2. The van der Waals surface area contributed by atoms with E-state index in [9.17, 15) is 4.79 Å². The zero-order valence-electron chi connectivity index (χ0n) is 17.7. The highest BCUT2D eigenvalue weighted by Crippen LogP contribution is 2.32. The van der Waals surface area contributed by atoms with E-state index in [0.29, 0.717) is 11.4 Å². The molecule has 2 N–H and O–H groups in total. The van der Waals surface area contributed by atoms with Crippen molar-refractivity contribution in [2.45, 2.75) is 6.92 Å². The van der Waals surface area contributed by atoms with E-state index in [4.69, 9.17) is 9.47 Å². The quantitative estimate of drug-likeness (QED) is 0.542. The molecule has 1 aliphatic heterocycles. The van der Waals surface area contributed by atoms with Crippen LogP contribution in [-0.4, -0.2) is 44.2 Å². The number of ether oxygens (including phenoxy) is 2. The Morgan fingerprint density at radius 2 is 1.84 bits per heavy atom. The number of rotatable bonds is 7. The minimum atomic E-state index is 0.0144. The lowest BCUT2D eigenvalue weighted by Gasteiger charge is -2.29. The Balaban J connectivity index is 1.53. The molecule has 31 heavy (non-hydrogen) atoms. The summed E-state index contributed by atoms with van der Waals surface area (Å²) in [6.07, 6.45) is 1.72. The van der Waals surface area contributed by atoms with E-state index in [1.54, 1.807) is 20.2 Å². The summed E-state index contributed by atoms with van der Waals surface area (Å²) in [7, 11) is 1.66. The molecule has 1 aromatic heterocycles. The van der Waals surface area contributed by atoms with Gasteiger partial charge in [-0.2, -0.15) is 0 Å². The highest BCUT2D eigenvalue weighted by Gasteiger charge is 2.14. The zero-order chi connectivity index (χ0) is 21.6. The van der Waals surface area contributed by atoms with E-state index in [1.165, 1.54) is 0 Å². The average molecular weight is 418 g/mol. The van der Waals surface area contributed by atoms with Crippen molar-refractivity contribution in [3.8, 4) is 5.75 Å². The predicted octanol–water partition coefficient (Wildman–Crippen LogP) is 4.62. The summed E-state index contributed by atoms with van der Waals surface area (Å²) in [6, 6.07) is 17.3. The van der Waals surface area contributed by atoms with Crippen molar-refractivity contribution in [3.05, 3.63) is 66.4 Å². The summed E-state index contributed by atoms with van der Waals surface area (Å²) in [6.45, 7) is 4.77. The van der Waals surface area contributed by atoms with Crippen LogP contribution in [0.25, 0.3) is 0 Å². The largest absolute Gasteiger partial charge is 0.494 e. The number of aromatic nitrogens is 1. The second-order valence-electron chi connectivity index (χ2n) is 7.27. The van der Waals surface area contributed by atoms with Crippen LogP contribution in [0, 0.1) is 0 Å². The summed E-state index contributed by atoms with van der Waals surface area (Å²) in [5.74, 6) is 1.43. The minimum absolute atomic E-state index is 0.0144. The normalized spacial score (nSPS) is 13.5. The van der Waals surface area contributed by atoms with Crippen molar-refractivity contribution >= 4 is 34.4 Å². The molecule has 1 fully saturated rings. The predicted molar refractivity (Wildman–Crippen MR) is 123 cm³/mol. The maximum absolute atomic E-state index is 11.9. The molecule has 0 spiro atoms. The summed E-state index contributed by atoms with van der Waals surface area (Å²) >= 11 is 0. The van der Waals surface area contributed by atoms with Crippen molar-refractivity contribution in [1.82, 2.24) is 4.98 Å². The lowest BCUT2D eigenvalue weighted by atomic mass is 10.1. The Bertz CT molecular complexity index is 1060. The highest BCUT2D eigenvalue weighted by molar-refractivity contribution is 6.00. The molecule has 160 valence electrons. The van der Waals surface area contributed by atoms with E-state index >= 15 is 0 Å². The van der Waals surface area contributed by atoms with Crippen LogP contribution in [-0.2, 0) is 4.74 Å². The molecule has 7 nitrogen and oxygen atoms in total. The van der Waals surface area contributed by atoms with E-state index in [1.807, 2.05) is 48.5 Å². The van der Waals surface area contributed by atoms with E-state index in [0.717, 1.165) is 54.8 Å². The molecule has 2 aromatic carbocycles. The molecular formula is C24H26N4O3. The number of nitrogens with zero attached hydrogens (tertiary/aromatic N) is 2. The molecule has 3 aromatic rings. The smallest absolute Gasteiger partial charge is 0.161 e. The van der Waals surface area contributed by atoms with Crippen molar-refractivity contribution < 1.29 is 14.3 Å². The van der Waals surface area contributed by atoms with Gasteiger partial charge in [-0.1, -0.05) is 12.1 Å². The van der Waals surface area contributed by atoms with Crippen molar-refractivity contribution in [2.75, 3.05) is 48.9 Å². The van der Waals surface area contributed by atoms with Crippen LogP contribution in [0.1, 0.15) is 17.3 Å². The molecule has 0 atom stereocenters. The molecule has 0 bridgehead atoms. The third kappa shape index (κ3) is 4.95. The SMILES string of the molecule is COc1cc(N2CCOCC2)ccc1Nc1cc(Nc2ccccc2C(C)=O)ccn1. The number of ketones is 1. The number of pyridine rings is 1. The maximum atomic E-state index is 11.9. The maximum Gasteiger partial charge on any atom is 0.161 e. The molecular weight excluding hydrogens is 392 g/mol. The fourth-order valence-corrected chi connectivity index (χ4v) is 3.57. The van der Waals surface area contributed by atoms with Crippen molar-refractivity contribution in [2.24, 2.45) is 0 Å². The fraction of sp³-hybridized carbons (Fsp3) is 0.250. The Kier molecular flexibility index (Phi) is 6.33. The number of carbonyl (C=O) groups excluding carboxylic acids is 1. The molecule has 0 amide bonds. The van der Waals surface area contributed by atoms with Crippen molar-refractivity contribution in [3.63, 3.8) is 0 Å². The Labute approximate surface area is 182 Å². The van der Waals surface area contributed by atoms with Gasteiger partial charge in [0.25, 0.3) is 0 Å². The molecule has 1 saturated heterocycles. The number of Topliss-reactive ketones (excluding diaryl/α,β-unsaturated/α-hetero) is 1. The monoisotopic (exact) mass is 418 g/mol. The lowest BCUT2D eigenvalue weighted by molar-refractivity contribution is 0.101. The van der Waals surface area contributed by atoms with Gasteiger partial charge in [0.2, 0.25) is 0 Å². The topological polar surface area (TPSA) is 75.7 Å². The molecule has 4 rings (SSSR count). The minimum Gasteiger partial charge on any atom is -0.494 e. The van der Waals surface area contributed by atoms with Crippen LogP contribution in [0.3, 0.4) is 0 Å². The average Bonchev–Trinajstić information content (AvgIpc) is 2.80. The molecule has 0 radical (unpaired) electrons. The van der Waals surface area contributed by atoms with Gasteiger partial charge in [-0.15, -0.1) is 0 Å². The van der Waals surface area contributed by atoms with Crippen LogP contribution in [0.4, 0.5) is 28.6 Å². The number of nitrogens with one attached hydrogen (secondary N) is 2. The molecule has 0 unspecified atom stereocenters. The second kappa shape index (κ2) is 9.49. The number of benzene rings is 2. The number of carbonyl (C=O) groups is 1. The number of methoxy groups -OCH3 is 1. The van der Waals surface area contributed by atoms with Crippen LogP contribution in [0.5, 0.6) is 5.75 Å². The molecule has 0 aliphatic carbocycles. The fourth-order valence-electron chi connectivity index (χ4n) is 3.57. The summed E-state index contributed by atoms with van der Waals surface area (Å²) in [5.41, 5.74) is 4.17. The first-order chi connectivity index (χ1) is 15.1. The van der Waals surface area contributed by atoms with E-state index in [-0.39, 0.29) is 5.78 Å². The molecule has 2 heterocycles. The second-order valence-corrected chi connectivity index (χ2v) is 7.27. The number of morpholine rings is 1. The summed E-state index contributed by atoms with van der Waals surface area (Å²) in [5, 5.41) is 6.64. The third-order valence-corrected chi connectivity index (χ3v) is 5.17. The van der Waals surface area contributed by atoms with Crippen molar-refractivity contribution in [1.29, 1.82) is 0 Å². The van der Waals surface area contributed by atoms with Gasteiger partial charge >= 0.3 is 0 Å². The van der Waals surface area contributed by atoms with Gasteiger partial charge in [0.15, 0.2) is 5.78 Å². The summed E-state index contributed by atoms with van der Waals surface area (Å²) < 4.78 is 11.1. The van der Waals surface area contributed by atoms with Gasteiger partial charge in [-0.3, -0.25) is 4.79 Å². The van der Waals surface area contributed by atoms with E-state index in [2.05, 4.69) is 26.6 Å². The van der Waals surface area contributed by atoms with Gasteiger partial charge in [0.05, 0.1) is 26.0 Å². The standard InChI is InChI=1S/C24H26N4O3/c1-17(29)20-5-3-4-6-21(20)26-18-9-10-25-24(15-18)27-22-8-7-19(16-23(22)30-2)28-11-13-31-14-12-28/h3-10,15-16H,11-14H2,1-2H3,(H2,25,26,27). The lowest BCUT2D eigenvalue weighted by Crippen LogP contribution is -2.36. The Hall–Kier alpha value is -3.58. The highest BCUT2D eigenvalue weighted by atomic mass is 16.5. The number of hydrogen-bond donors (Lipinski definition) is 2.